The van der Waals surface area contributed by atoms with E-state index in [0.717, 1.165) is 6.04 Å². The van der Waals surface area contributed by atoms with Crippen molar-refractivity contribution < 1.29 is 0 Å². The van der Waals surface area contributed by atoms with E-state index in [4.69, 9.17) is 0 Å². The van der Waals surface area contributed by atoms with Crippen LogP contribution in [0.3, 0.4) is 0 Å². The number of hydrogen-bond acceptors (Lipinski definition) is 2. The van der Waals surface area contributed by atoms with E-state index in [1.807, 2.05) is 0 Å². The fourth-order valence-electron chi connectivity index (χ4n) is 3.97. The Balaban J connectivity index is 1.97. The number of nitrogens with one attached hydrogen (secondary N) is 1. The maximum absolute atomic E-state index is 3.54. The molecule has 0 saturated carbocycles. The summed E-state index contributed by atoms with van der Waals surface area (Å²) >= 11 is 0. The van der Waals surface area contributed by atoms with Gasteiger partial charge in [-0.25, -0.2) is 0 Å². The number of hydrogen-bond donors (Lipinski definition) is 1. The molecule has 0 aromatic carbocycles. The Morgan fingerprint density at radius 3 is 2.67 bits per heavy atom. The molecule has 2 heterocycles. The van der Waals surface area contributed by atoms with E-state index >= 15 is 0 Å². The van der Waals surface area contributed by atoms with Gasteiger partial charge in [0, 0.05) is 12.6 Å². The fraction of sp³-hybridized carbons (Fsp3) is 1.00. The second kappa shape index (κ2) is 6.91. The van der Waals surface area contributed by atoms with Gasteiger partial charge in [-0.1, -0.05) is 26.2 Å². The largest absolute Gasteiger partial charge is 0.317 e. The van der Waals surface area contributed by atoms with Crippen molar-refractivity contribution >= 4 is 0 Å². The van der Waals surface area contributed by atoms with Crippen molar-refractivity contribution in [3.8, 4) is 0 Å². The minimum atomic E-state index is 0.624. The summed E-state index contributed by atoms with van der Waals surface area (Å²) in [7, 11) is 0. The van der Waals surface area contributed by atoms with Gasteiger partial charge in [-0.2, -0.15) is 0 Å². The summed E-state index contributed by atoms with van der Waals surface area (Å²) in [6.07, 6.45) is 11.3. The Morgan fingerprint density at radius 2 is 1.94 bits per heavy atom. The lowest BCUT2D eigenvalue weighted by Crippen LogP contribution is -2.47. The van der Waals surface area contributed by atoms with Gasteiger partial charge < -0.3 is 10.2 Å². The number of nitrogens with zero attached hydrogens (tertiary/aromatic N) is 1. The van der Waals surface area contributed by atoms with Crippen molar-refractivity contribution in [3.63, 3.8) is 0 Å². The van der Waals surface area contributed by atoms with Crippen molar-refractivity contribution in [2.24, 2.45) is 5.41 Å². The first-order chi connectivity index (χ1) is 8.76. The summed E-state index contributed by atoms with van der Waals surface area (Å²) in [5.41, 5.74) is 0.624. The molecule has 2 nitrogen and oxygen atoms in total. The van der Waals surface area contributed by atoms with Crippen LogP contribution in [0.5, 0.6) is 0 Å². The predicted molar refractivity (Wildman–Crippen MR) is 78.9 cm³/mol. The Hall–Kier alpha value is -0.0800. The molecule has 1 atom stereocenters. The first-order valence-corrected chi connectivity index (χ1v) is 8.20. The fourth-order valence-corrected chi connectivity index (χ4v) is 3.97. The zero-order valence-electron chi connectivity index (χ0n) is 12.5. The van der Waals surface area contributed by atoms with Crippen LogP contribution in [-0.2, 0) is 0 Å². The third-order valence-corrected chi connectivity index (χ3v) is 5.17. The molecule has 2 fully saturated rings. The first kappa shape index (κ1) is 14.3. The molecule has 106 valence electrons. The molecular formula is C16H32N2. The highest BCUT2D eigenvalue weighted by molar-refractivity contribution is 4.89. The summed E-state index contributed by atoms with van der Waals surface area (Å²) in [5.74, 6) is 0. The molecule has 2 aliphatic heterocycles. The highest BCUT2D eigenvalue weighted by Gasteiger charge is 2.34. The van der Waals surface area contributed by atoms with Crippen molar-refractivity contribution in [2.45, 2.75) is 71.3 Å². The number of rotatable bonds is 4. The van der Waals surface area contributed by atoms with E-state index in [-0.39, 0.29) is 0 Å². The second-order valence-electron chi connectivity index (χ2n) is 6.67. The lowest BCUT2D eigenvalue weighted by atomic mass is 9.74. The van der Waals surface area contributed by atoms with Crippen LogP contribution in [0.1, 0.15) is 65.2 Å². The van der Waals surface area contributed by atoms with Crippen molar-refractivity contribution in [1.29, 1.82) is 0 Å². The molecule has 0 aromatic rings. The highest BCUT2D eigenvalue weighted by atomic mass is 15.2. The maximum atomic E-state index is 3.54. The molecule has 2 aliphatic rings. The summed E-state index contributed by atoms with van der Waals surface area (Å²) in [6.45, 7) is 10.00. The molecular weight excluding hydrogens is 220 g/mol. The van der Waals surface area contributed by atoms with Gasteiger partial charge in [-0.05, 0) is 64.1 Å². The van der Waals surface area contributed by atoms with Crippen LogP contribution in [0, 0.1) is 5.41 Å². The molecule has 0 amide bonds. The quantitative estimate of drug-likeness (QED) is 0.825. The van der Waals surface area contributed by atoms with Crippen LogP contribution in [0.25, 0.3) is 0 Å². The summed E-state index contributed by atoms with van der Waals surface area (Å²) in [5, 5.41) is 3.54. The van der Waals surface area contributed by atoms with Crippen molar-refractivity contribution in [3.05, 3.63) is 0 Å². The third kappa shape index (κ3) is 3.71. The topological polar surface area (TPSA) is 15.3 Å². The molecule has 2 rings (SSSR count). The van der Waals surface area contributed by atoms with E-state index in [2.05, 4.69) is 24.1 Å². The minimum Gasteiger partial charge on any atom is -0.317 e. The van der Waals surface area contributed by atoms with Gasteiger partial charge in [0.25, 0.3) is 0 Å². The molecule has 1 N–H and O–H groups in total. The van der Waals surface area contributed by atoms with Gasteiger partial charge in [0.1, 0.15) is 0 Å². The Labute approximate surface area is 114 Å². The molecule has 2 heteroatoms. The van der Waals surface area contributed by atoms with E-state index in [9.17, 15) is 0 Å². The van der Waals surface area contributed by atoms with E-state index in [0.29, 0.717) is 5.41 Å². The molecule has 1 unspecified atom stereocenters. The first-order valence-electron chi connectivity index (χ1n) is 8.20. The molecule has 18 heavy (non-hydrogen) atoms. The highest BCUT2D eigenvalue weighted by Crippen LogP contribution is 2.36. The SMILES string of the molecule is CCCC1(CN2CCCCCC2C)CCNCC1. The maximum Gasteiger partial charge on any atom is 0.00671 e. The second-order valence-corrected chi connectivity index (χ2v) is 6.67. The van der Waals surface area contributed by atoms with E-state index in [1.165, 1.54) is 77.5 Å². The van der Waals surface area contributed by atoms with Gasteiger partial charge in [0.2, 0.25) is 0 Å². The van der Waals surface area contributed by atoms with Gasteiger partial charge >= 0.3 is 0 Å². The third-order valence-electron chi connectivity index (χ3n) is 5.17. The standard InChI is InChI=1S/C16H32N2/c1-3-8-16(9-11-17-12-10-16)14-18-13-6-4-5-7-15(18)2/h15,17H,3-14H2,1-2H3. The zero-order chi connectivity index (χ0) is 12.8. The normalized spacial score (nSPS) is 30.0. The van der Waals surface area contributed by atoms with Crippen molar-refractivity contribution in [2.75, 3.05) is 26.2 Å². The average Bonchev–Trinajstić information content (AvgIpc) is 2.56. The van der Waals surface area contributed by atoms with Gasteiger partial charge in [0.05, 0.1) is 0 Å². The predicted octanol–water partition coefficient (Wildman–Crippen LogP) is 3.42. The van der Waals surface area contributed by atoms with Crippen LogP contribution < -0.4 is 5.32 Å². The molecule has 0 spiro atoms. The smallest absolute Gasteiger partial charge is 0.00671 e. The van der Waals surface area contributed by atoms with Gasteiger partial charge in [-0.3, -0.25) is 0 Å². The average molecular weight is 252 g/mol. The molecule has 0 bridgehead atoms. The van der Waals surface area contributed by atoms with Crippen LogP contribution in [0.2, 0.25) is 0 Å². The van der Waals surface area contributed by atoms with Gasteiger partial charge in [-0.15, -0.1) is 0 Å². The molecule has 0 radical (unpaired) electrons. The number of piperidine rings is 1. The van der Waals surface area contributed by atoms with E-state index in [1.54, 1.807) is 0 Å². The Morgan fingerprint density at radius 1 is 1.17 bits per heavy atom. The van der Waals surface area contributed by atoms with E-state index < -0.39 is 0 Å². The van der Waals surface area contributed by atoms with Crippen LogP contribution in [-0.4, -0.2) is 37.1 Å². The molecule has 2 saturated heterocycles. The van der Waals surface area contributed by atoms with Crippen molar-refractivity contribution in [1.82, 2.24) is 10.2 Å². The molecule has 0 aliphatic carbocycles. The minimum absolute atomic E-state index is 0.624. The Bertz CT molecular complexity index is 228. The Kier molecular flexibility index (Phi) is 5.50. The van der Waals surface area contributed by atoms with Crippen LogP contribution in [0.4, 0.5) is 0 Å². The lowest BCUT2D eigenvalue weighted by molar-refractivity contribution is 0.0791. The summed E-state index contributed by atoms with van der Waals surface area (Å²) in [4.78, 5) is 2.81. The van der Waals surface area contributed by atoms with Crippen LogP contribution >= 0.6 is 0 Å². The number of likely N-dealkylation sites (tertiary alicyclic amines) is 1. The lowest BCUT2D eigenvalue weighted by Gasteiger charge is -2.43. The monoisotopic (exact) mass is 252 g/mol. The van der Waals surface area contributed by atoms with Gasteiger partial charge in [0.15, 0.2) is 0 Å². The summed E-state index contributed by atoms with van der Waals surface area (Å²) in [6, 6.07) is 0.816. The zero-order valence-corrected chi connectivity index (χ0v) is 12.5. The molecule has 0 aromatic heterocycles. The summed E-state index contributed by atoms with van der Waals surface area (Å²) < 4.78 is 0. The van der Waals surface area contributed by atoms with Crippen LogP contribution in [0.15, 0.2) is 0 Å².